The molecule has 86 valence electrons. The fourth-order valence-electron chi connectivity index (χ4n) is 1.30. The molecular formula is C10H19N3O2. The highest BCUT2D eigenvalue weighted by molar-refractivity contribution is 5.78. The minimum atomic E-state index is -0.161. The number of rotatable bonds is 4. The summed E-state index contributed by atoms with van der Waals surface area (Å²) < 4.78 is 0. The second-order valence-corrected chi connectivity index (χ2v) is 4.07. The first-order chi connectivity index (χ1) is 7.09. The molecule has 0 radical (unpaired) electrons. The standard InChI is InChI=1S/C10H19N3O2/c1-13(2)9(14)6-7-11-10(15)12-8-4-3-5-8/h8H,3-7H2,1-2H3,(H2,11,12,15). The van der Waals surface area contributed by atoms with Crippen molar-refractivity contribution in [3.63, 3.8) is 0 Å². The van der Waals surface area contributed by atoms with Gasteiger partial charge in [0.05, 0.1) is 0 Å². The van der Waals surface area contributed by atoms with Crippen molar-refractivity contribution in [2.75, 3.05) is 20.6 Å². The molecule has 5 nitrogen and oxygen atoms in total. The zero-order valence-corrected chi connectivity index (χ0v) is 9.38. The van der Waals surface area contributed by atoms with Gasteiger partial charge in [0.2, 0.25) is 5.91 Å². The average Bonchev–Trinajstić information content (AvgIpc) is 2.11. The molecule has 0 aromatic rings. The highest BCUT2D eigenvalue weighted by Crippen LogP contribution is 2.17. The lowest BCUT2D eigenvalue weighted by atomic mass is 9.93. The third kappa shape index (κ3) is 4.18. The molecule has 0 aromatic carbocycles. The minimum absolute atomic E-state index is 0.0268. The summed E-state index contributed by atoms with van der Waals surface area (Å²) in [6.45, 7) is 0.398. The summed E-state index contributed by atoms with van der Waals surface area (Å²) >= 11 is 0. The first kappa shape index (κ1) is 11.8. The van der Waals surface area contributed by atoms with Crippen molar-refractivity contribution in [2.45, 2.75) is 31.7 Å². The highest BCUT2D eigenvalue weighted by Gasteiger charge is 2.18. The van der Waals surface area contributed by atoms with Crippen LogP contribution >= 0.6 is 0 Å². The number of urea groups is 1. The molecule has 0 heterocycles. The van der Waals surface area contributed by atoms with E-state index in [9.17, 15) is 9.59 Å². The van der Waals surface area contributed by atoms with Crippen molar-refractivity contribution in [1.29, 1.82) is 0 Å². The summed E-state index contributed by atoms with van der Waals surface area (Å²) in [5, 5.41) is 5.51. The van der Waals surface area contributed by atoms with E-state index in [-0.39, 0.29) is 11.9 Å². The maximum Gasteiger partial charge on any atom is 0.315 e. The van der Waals surface area contributed by atoms with Crippen LogP contribution in [-0.2, 0) is 4.79 Å². The molecule has 0 bridgehead atoms. The van der Waals surface area contributed by atoms with Crippen LogP contribution in [0, 0.1) is 0 Å². The van der Waals surface area contributed by atoms with Crippen molar-refractivity contribution >= 4 is 11.9 Å². The van der Waals surface area contributed by atoms with Gasteiger partial charge in [0.15, 0.2) is 0 Å². The van der Waals surface area contributed by atoms with E-state index in [4.69, 9.17) is 0 Å². The largest absolute Gasteiger partial charge is 0.349 e. The maximum absolute atomic E-state index is 11.3. The molecule has 5 heteroatoms. The summed E-state index contributed by atoms with van der Waals surface area (Å²) in [5.41, 5.74) is 0. The van der Waals surface area contributed by atoms with Crippen molar-refractivity contribution in [3.8, 4) is 0 Å². The van der Waals surface area contributed by atoms with E-state index in [1.54, 1.807) is 14.1 Å². The molecule has 0 aliphatic heterocycles. The number of carbonyl (C=O) groups is 2. The van der Waals surface area contributed by atoms with E-state index in [2.05, 4.69) is 10.6 Å². The Hall–Kier alpha value is -1.26. The summed E-state index contributed by atoms with van der Waals surface area (Å²) in [6.07, 6.45) is 3.70. The number of nitrogens with one attached hydrogen (secondary N) is 2. The zero-order chi connectivity index (χ0) is 11.3. The smallest absolute Gasteiger partial charge is 0.315 e. The number of amides is 3. The number of hydrogen-bond acceptors (Lipinski definition) is 2. The van der Waals surface area contributed by atoms with Crippen LogP contribution in [0.3, 0.4) is 0 Å². The normalized spacial score (nSPS) is 15.3. The third-order valence-electron chi connectivity index (χ3n) is 2.56. The fourth-order valence-corrected chi connectivity index (χ4v) is 1.30. The molecular weight excluding hydrogens is 194 g/mol. The lowest BCUT2D eigenvalue weighted by molar-refractivity contribution is -0.128. The van der Waals surface area contributed by atoms with E-state index >= 15 is 0 Å². The Labute approximate surface area is 90.2 Å². The van der Waals surface area contributed by atoms with Crippen molar-refractivity contribution < 1.29 is 9.59 Å². The van der Waals surface area contributed by atoms with E-state index in [0.717, 1.165) is 12.8 Å². The monoisotopic (exact) mass is 213 g/mol. The Morgan fingerprint density at radius 2 is 2.00 bits per heavy atom. The SMILES string of the molecule is CN(C)C(=O)CCNC(=O)NC1CCC1. The van der Waals surface area contributed by atoms with E-state index in [1.807, 2.05) is 0 Å². The molecule has 1 aliphatic carbocycles. The second-order valence-electron chi connectivity index (χ2n) is 4.07. The van der Waals surface area contributed by atoms with Crippen LogP contribution in [0.15, 0.2) is 0 Å². The highest BCUT2D eigenvalue weighted by atomic mass is 16.2. The molecule has 2 N–H and O–H groups in total. The molecule has 15 heavy (non-hydrogen) atoms. The Morgan fingerprint density at radius 3 is 2.47 bits per heavy atom. The molecule has 0 unspecified atom stereocenters. The molecule has 0 saturated heterocycles. The van der Waals surface area contributed by atoms with E-state index in [0.29, 0.717) is 19.0 Å². The van der Waals surface area contributed by atoms with Gasteiger partial charge in [-0.1, -0.05) is 0 Å². The number of nitrogens with zero attached hydrogens (tertiary/aromatic N) is 1. The van der Waals surface area contributed by atoms with Gasteiger partial charge < -0.3 is 15.5 Å². The van der Waals surface area contributed by atoms with Crippen LogP contribution in [0.1, 0.15) is 25.7 Å². The van der Waals surface area contributed by atoms with Crippen molar-refractivity contribution in [2.24, 2.45) is 0 Å². The fraction of sp³-hybridized carbons (Fsp3) is 0.800. The van der Waals surface area contributed by atoms with Gasteiger partial charge in [-0.15, -0.1) is 0 Å². The molecule has 1 rings (SSSR count). The molecule has 0 atom stereocenters. The second kappa shape index (κ2) is 5.58. The number of carbonyl (C=O) groups excluding carboxylic acids is 2. The summed E-state index contributed by atoms with van der Waals surface area (Å²) in [5.74, 6) is 0.0268. The summed E-state index contributed by atoms with van der Waals surface area (Å²) in [7, 11) is 3.41. The quantitative estimate of drug-likeness (QED) is 0.706. The summed E-state index contributed by atoms with van der Waals surface area (Å²) in [4.78, 5) is 23.9. The van der Waals surface area contributed by atoms with Crippen LogP contribution in [0.5, 0.6) is 0 Å². The van der Waals surface area contributed by atoms with Crippen LogP contribution in [0.4, 0.5) is 4.79 Å². The van der Waals surface area contributed by atoms with Gasteiger partial charge in [-0.2, -0.15) is 0 Å². The van der Waals surface area contributed by atoms with Gasteiger partial charge in [-0.25, -0.2) is 4.79 Å². The van der Waals surface area contributed by atoms with Gasteiger partial charge in [-0.3, -0.25) is 4.79 Å². The molecule has 3 amide bonds. The summed E-state index contributed by atoms with van der Waals surface area (Å²) in [6, 6.07) is 0.181. The van der Waals surface area contributed by atoms with Gasteiger partial charge in [0.1, 0.15) is 0 Å². The Morgan fingerprint density at radius 1 is 1.33 bits per heavy atom. The van der Waals surface area contributed by atoms with Crippen LogP contribution < -0.4 is 10.6 Å². The first-order valence-electron chi connectivity index (χ1n) is 5.34. The van der Waals surface area contributed by atoms with Crippen molar-refractivity contribution in [1.82, 2.24) is 15.5 Å². The molecule has 0 aromatic heterocycles. The van der Waals surface area contributed by atoms with Crippen LogP contribution in [0.2, 0.25) is 0 Å². The average molecular weight is 213 g/mol. The van der Waals surface area contributed by atoms with E-state index < -0.39 is 0 Å². The predicted octanol–water partition coefficient (Wildman–Crippen LogP) is 0.316. The predicted molar refractivity (Wildman–Crippen MR) is 57.5 cm³/mol. The third-order valence-corrected chi connectivity index (χ3v) is 2.56. The molecule has 1 fully saturated rings. The topological polar surface area (TPSA) is 61.4 Å². The maximum atomic E-state index is 11.3. The zero-order valence-electron chi connectivity index (χ0n) is 9.38. The molecule has 1 saturated carbocycles. The van der Waals surface area contributed by atoms with E-state index in [1.165, 1.54) is 11.3 Å². The van der Waals surface area contributed by atoms with Crippen molar-refractivity contribution in [3.05, 3.63) is 0 Å². The van der Waals surface area contributed by atoms with Gasteiger partial charge >= 0.3 is 6.03 Å². The first-order valence-corrected chi connectivity index (χ1v) is 5.34. The lowest BCUT2D eigenvalue weighted by Crippen LogP contribution is -2.45. The Balaban J connectivity index is 2.03. The lowest BCUT2D eigenvalue weighted by Gasteiger charge is -2.26. The number of hydrogen-bond donors (Lipinski definition) is 2. The van der Waals surface area contributed by atoms with Crippen LogP contribution in [0.25, 0.3) is 0 Å². The van der Waals surface area contributed by atoms with Gasteiger partial charge in [-0.05, 0) is 19.3 Å². The molecule has 0 spiro atoms. The minimum Gasteiger partial charge on any atom is -0.349 e. The van der Waals surface area contributed by atoms with Crippen LogP contribution in [-0.4, -0.2) is 43.5 Å². The Kier molecular flexibility index (Phi) is 4.39. The Bertz CT molecular complexity index is 237. The van der Waals surface area contributed by atoms with Gasteiger partial charge in [0, 0.05) is 33.1 Å². The van der Waals surface area contributed by atoms with Gasteiger partial charge in [0.25, 0.3) is 0 Å². The molecule has 1 aliphatic rings.